The Morgan fingerprint density at radius 2 is 1.68 bits per heavy atom. The molecular weight excluding hydrogens is 436 g/mol. The Morgan fingerprint density at radius 3 is 2.29 bits per heavy atom. The largest absolute Gasteiger partial charge is 0.393 e. The van der Waals surface area contributed by atoms with Gasteiger partial charge in [-0.05, 0) is 88.7 Å². The van der Waals surface area contributed by atoms with E-state index in [4.69, 9.17) is 0 Å². The van der Waals surface area contributed by atoms with Crippen molar-refractivity contribution in [2.24, 2.45) is 28.6 Å². The van der Waals surface area contributed by atoms with E-state index in [1.54, 1.807) is 13.8 Å². The molecule has 3 fully saturated rings. The van der Waals surface area contributed by atoms with Crippen molar-refractivity contribution >= 4 is 5.78 Å². The van der Waals surface area contributed by atoms with Crippen LogP contribution in [0.25, 0.3) is 0 Å². The number of carbonyl (C=O) groups excluding carboxylic acids is 1. The first-order valence-corrected chi connectivity index (χ1v) is 13.0. The first-order chi connectivity index (χ1) is 15.5. The lowest BCUT2D eigenvalue weighted by Crippen LogP contribution is -2.69. The summed E-state index contributed by atoms with van der Waals surface area (Å²) in [7, 11) is 0. The van der Waals surface area contributed by atoms with Crippen LogP contribution in [0.1, 0.15) is 86.0 Å². The molecule has 0 aliphatic heterocycles. The van der Waals surface area contributed by atoms with E-state index in [1.165, 1.54) is 6.08 Å². The topological polar surface area (TPSA) is 138 Å². The maximum atomic E-state index is 13.3. The molecule has 0 aromatic carbocycles. The van der Waals surface area contributed by atoms with Gasteiger partial charge in [0, 0.05) is 16.7 Å². The van der Waals surface area contributed by atoms with Crippen LogP contribution in [0.15, 0.2) is 11.6 Å². The monoisotopic (exact) mass is 480 g/mol. The fraction of sp³-hybridized carbons (Fsp3) is 0.889. The van der Waals surface area contributed by atoms with Gasteiger partial charge in [0.05, 0.1) is 35.1 Å². The summed E-state index contributed by atoms with van der Waals surface area (Å²) in [6.07, 6.45) is 1.85. The Bertz CT molecular complexity index is 864. The van der Waals surface area contributed by atoms with E-state index in [0.717, 1.165) is 0 Å². The van der Waals surface area contributed by atoms with Crippen LogP contribution in [0.2, 0.25) is 0 Å². The molecular formula is C27H44O7. The lowest BCUT2D eigenvalue weighted by Gasteiger charge is -2.64. The van der Waals surface area contributed by atoms with Gasteiger partial charge in [-0.1, -0.05) is 20.8 Å². The van der Waals surface area contributed by atoms with Crippen LogP contribution in [-0.4, -0.2) is 71.5 Å². The van der Waals surface area contributed by atoms with Gasteiger partial charge in [-0.3, -0.25) is 4.79 Å². The van der Waals surface area contributed by atoms with Crippen LogP contribution in [-0.2, 0) is 4.79 Å². The molecule has 3 saturated carbocycles. The number of ketones is 1. The van der Waals surface area contributed by atoms with E-state index < -0.39 is 51.9 Å². The summed E-state index contributed by atoms with van der Waals surface area (Å²) in [6, 6.07) is 0. The van der Waals surface area contributed by atoms with E-state index in [1.807, 2.05) is 20.8 Å². The van der Waals surface area contributed by atoms with Crippen molar-refractivity contribution < 1.29 is 35.4 Å². The summed E-state index contributed by atoms with van der Waals surface area (Å²) in [5, 5.41) is 66.1. The lowest BCUT2D eigenvalue weighted by molar-refractivity contribution is -0.206. The minimum atomic E-state index is -1.45. The number of allylic oxidation sites excluding steroid dienone is 1. The van der Waals surface area contributed by atoms with Crippen molar-refractivity contribution in [3.63, 3.8) is 0 Å². The summed E-state index contributed by atoms with van der Waals surface area (Å²) >= 11 is 0. The summed E-state index contributed by atoms with van der Waals surface area (Å²) in [5.74, 6) is -0.943. The molecule has 4 aliphatic carbocycles. The molecule has 0 heterocycles. The minimum Gasteiger partial charge on any atom is -0.393 e. The Balaban J connectivity index is 1.67. The normalized spacial score (nSPS) is 48.4. The van der Waals surface area contributed by atoms with Gasteiger partial charge in [0.15, 0.2) is 5.78 Å². The first-order valence-electron chi connectivity index (χ1n) is 13.0. The van der Waals surface area contributed by atoms with E-state index in [-0.39, 0.29) is 30.5 Å². The number of fused-ring (bicyclic) bond motifs is 5. The molecule has 0 bridgehead atoms. The maximum absolute atomic E-state index is 13.3. The quantitative estimate of drug-likeness (QED) is 0.353. The van der Waals surface area contributed by atoms with Gasteiger partial charge in [-0.15, -0.1) is 0 Å². The molecule has 4 rings (SSSR count). The molecule has 0 amide bonds. The van der Waals surface area contributed by atoms with Crippen LogP contribution in [0.4, 0.5) is 0 Å². The third-order valence-electron chi connectivity index (χ3n) is 10.7. The molecule has 10 atom stereocenters. The molecule has 7 nitrogen and oxygen atoms in total. The van der Waals surface area contributed by atoms with Gasteiger partial charge in [-0.2, -0.15) is 0 Å². The van der Waals surface area contributed by atoms with Crippen molar-refractivity contribution in [1.29, 1.82) is 0 Å². The van der Waals surface area contributed by atoms with Gasteiger partial charge in [0.2, 0.25) is 0 Å². The van der Waals surface area contributed by atoms with Crippen LogP contribution in [0, 0.1) is 28.6 Å². The molecule has 194 valence electrons. The van der Waals surface area contributed by atoms with Crippen molar-refractivity contribution in [2.75, 3.05) is 0 Å². The highest BCUT2D eigenvalue weighted by molar-refractivity contribution is 5.95. The fourth-order valence-electron chi connectivity index (χ4n) is 8.24. The highest BCUT2D eigenvalue weighted by atomic mass is 16.3. The second-order valence-electron chi connectivity index (χ2n) is 13.1. The van der Waals surface area contributed by atoms with Crippen molar-refractivity contribution in [2.45, 2.75) is 121 Å². The highest BCUT2D eigenvalue weighted by Crippen LogP contribution is 2.69. The maximum Gasteiger partial charge on any atom is 0.159 e. The van der Waals surface area contributed by atoms with Gasteiger partial charge < -0.3 is 30.6 Å². The molecule has 2 unspecified atom stereocenters. The average molecular weight is 481 g/mol. The van der Waals surface area contributed by atoms with Gasteiger partial charge in [0.25, 0.3) is 0 Å². The third-order valence-corrected chi connectivity index (χ3v) is 10.7. The van der Waals surface area contributed by atoms with Gasteiger partial charge >= 0.3 is 0 Å². The number of hydrogen-bond donors (Lipinski definition) is 6. The lowest BCUT2D eigenvalue weighted by atomic mass is 9.43. The molecule has 0 aromatic rings. The zero-order chi connectivity index (χ0) is 25.5. The number of hydrogen-bond acceptors (Lipinski definition) is 7. The molecule has 0 radical (unpaired) electrons. The Morgan fingerprint density at radius 1 is 1.06 bits per heavy atom. The summed E-state index contributed by atoms with van der Waals surface area (Å²) in [4.78, 5) is 13.3. The highest BCUT2D eigenvalue weighted by Gasteiger charge is 2.72. The number of aliphatic hydroxyl groups is 6. The molecule has 6 N–H and O–H groups in total. The van der Waals surface area contributed by atoms with E-state index in [0.29, 0.717) is 44.1 Å². The Hall–Kier alpha value is -0.830. The second-order valence-corrected chi connectivity index (χ2v) is 13.1. The molecule has 4 aliphatic rings. The molecule has 7 heteroatoms. The minimum absolute atomic E-state index is 0.0147. The van der Waals surface area contributed by atoms with Crippen molar-refractivity contribution in [3.8, 4) is 0 Å². The number of carbonyl (C=O) groups is 1. The van der Waals surface area contributed by atoms with E-state index in [2.05, 4.69) is 0 Å². The fourth-order valence-corrected chi connectivity index (χ4v) is 8.24. The van der Waals surface area contributed by atoms with Gasteiger partial charge in [-0.25, -0.2) is 0 Å². The van der Waals surface area contributed by atoms with E-state index in [9.17, 15) is 35.4 Å². The smallest absolute Gasteiger partial charge is 0.159 e. The van der Waals surface area contributed by atoms with Crippen molar-refractivity contribution in [3.05, 3.63) is 11.6 Å². The predicted molar refractivity (Wildman–Crippen MR) is 127 cm³/mol. The molecule has 0 aromatic heterocycles. The standard InChI is InChI=1S/C27H44O7/c1-15(18(28)7-8-23(2,3)32)16-6-9-26(33)22-13-19(29)17-12-20(30)21(31)14-25(17,5)27(22,34)11-10-24(16,26)4/h13,15-18,20-21,28,30-34H,6-12,14H2,1-5H3/t15?,16-,17+,18-,20-,21+,24-,25-,26-,27?/m1/s1. The van der Waals surface area contributed by atoms with Crippen molar-refractivity contribution in [1.82, 2.24) is 0 Å². The van der Waals surface area contributed by atoms with E-state index >= 15 is 0 Å². The molecule has 0 spiro atoms. The summed E-state index contributed by atoms with van der Waals surface area (Å²) < 4.78 is 0. The zero-order valence-corrected chi connectivity index (χ0v) is 21.3. The zero-order valence-electron chi connectivity index (χ0n) is 21.3. The molecule has 34 heavy (non-hydrogen) atoms. The third kappa shape index (κ3) is 3.57. The van der Waals surface area contributed by atoms with Crippen LogP contribution < -0.4 is 0 Å². The molecule has 0 saturated heterocycles. The second kappa shape index (κ2) is 8.09. The summed E-state index contributed by atoms with van der Waals surface area (Å²) in [5.41, 5.74) is -4.93. The SMILES string of the molecule is CC([C@H](O)CCC(C)(C)O)[C@H]1CC[C@@]2(O)C3=CC(=O)[C@@H]4C[C@@H](O)[C@@H](O)C[C@@]4(C)C3(O)CC[C@]12C. The predicted octanol–water partition coefficient (Wildman–Crippen LogP) is 1.85. The Labute approximate surface area is 202 Å². The number of aliphatic hydroxyl groups excluding tert-OH is 3. The van der Waals surface area contributed by atoms with Gasteiger partial charge in [0.1, 0.15) is 0 Å². The van der Waals surface area contributed by atoms with Crippen LogP contribution >= 0.6 is 0 Å². The first kappa shape index (κ1) is 26.2. The van der Waals surface area contributed by atoms with Crippen LogP contribution in [0.5, 0.6) is 0 Å². The number of rotatable bonds is 5. The van der Waals surface area contributed by atoms with Crippen LogP contribution in [0.3, 0.4) is 0 Å². The summed E-state index contributed by atoms with van der Waals surface area (Å²) in [6.45, 7) is 9.28. The Kier molecular flexibility index (Phi) is 6.24. The average Bonchev–Trinajstić information content (AvgIpc) is 3.01.